The van der Waals surface area contributed by atoms with Crippen molar-refractivity contribution in [1.29, 1.82) is 0 Å². The lowest BCUT2D eigenvalue weighted by atomic mass is 9.89. The van der Waals surface area contributed by atoms with Crippen LogP contribution >= 0.6 is 0 Å². The minimum Gasteiger partial charge on any atom is -0.374 e. The van der Waals surface area contributed by atoms with Crippen molar-refractivity contribution in [3.05, 3.63) is 52.8 Å². The lowest BCUT2D eigenvalue weighted by Crippen LogP contribution is -2.55. The number of amides is 1. The minimum absolute atomic E-state index is 0.125. The summed E-state index contributed by atoms with van der Waals surface area (Å²) in [5.41, 5.74) is 3.74. The van der Waals surface area contributed by atoms with Crippen LogP contribution in [0.4, 0.5) is 0 Å². The molecule has 5 heteroatoms. The fraction of sp³-hybridized carbons (Fsp3) is 0.524. The number of fused-ring (bicyclic) bond motifs is 1. The molecule has 5 nitrogen and oxygen atoms in total. The van der Waals surface area contributed by atoms with E-state index in [-0.39, 0.29) is 18.1 Å². The normalized spacial score (nSPS) is 22.9. The summed E-state index contributed by atoms with van der Waals surface area (Å²) in [6.07, 6.45) is 4.71. The third-order valence-electron chi connectivity index (χ3n) is 5.76. The summed E-state index contributed by atoms with van der Waals surface area (Å²) in [6, 6.07) is 10.5. The van der Waals surface area contributed by atoms with Crippen LogP contribution in [0.15, 0.2) is 30.3 Å². The largest absolute Gasteiger partial charge is 0.374 e. The van der Waals surface area contributed by atoms with Crippen LogP contribution in [0, 0.1) is 13.8 Å². The van der Waals surface area contributed by atoms with Gasteiger partial charge in [0.2, 0.25) is 0 Å². The average molecular weight is 353 g/mol. The molecule has 2 aromatic rings. The van der Waals surface area contributed by atoms with E-state index in [9.17, 15) is 4.79 Å². The Bertz CT molecular complexity index is 782. The van der Waals surface area contributed by atoms with Crippen LogP contribution in [0.2, 0.25) is 0 Å². The second-order valence-corrected chi connectivity index (χ2v) is 7.45. The highest BCUT2D eigenvalue weighted by atomic mass is 16.5. The van der Waals surface area contributed by atoms with Gasteiger partial charge >= 0.3 is 0 Å². The lowest BCUT2D eigenvalue weighted by Gasteiger charge is -2.43. The molecule has 1 saturated carbocycles. The third-order valence-corrected chi connectivity index (χ3v) is 5.76. The van der Waals surface area contributed by atoms with E-state index in [1.807, 2.05) is 36.7 Å². The summed E-state index contributed by atoms with van der Waals surface area (Å²) < 4.78 is 7.88. The molecule has 26 heavy (non-hydrogen) atoms. The number of carbonyl (C=O) groups excluding carboxylic acids is 1. The maximum absolute atomic E-state index is 13.4. The highest BCUT2D eigenvalue weighted by molar-refractivity contribution is 5.96. The van der Waals surface area contributed by atoms with Crippen molar-refractivity contribution >= 4 is 5.91 Å². The van der Waals surface area contributed by atoms with Gasteiger partial charge in [-0.2, -0.15) is 5.10 Å². The number of aromatic nitrogens is 2. The van der Waals surface area contributed by atoms with E-state index in [2.05, 4.69) is 22.1 Å². The molecule has 1 aromatic carbocycles. The van der Waals surface area contributed by atoms with Gasteiger partial charge in [-0.25, -0.2) is 0 Å². The molecule has 2 fully saturated rings. The summed E-state index contributed by atoms with van der Waals surface area (Å²) in [7, 11) is 0. The summed E-state index contributed by atoms with van der Waals surface area (Å²) in [6.45, 7) is 5.97. The molecule has 4 rings (SSSR count). The molecule has 0 unspecified atom stereocenters. The molecule has 0 bridgehead atoms. The molecule has 2 heterocycles. The van der Waals surface area contributed by atoms with Gasteiger partial charge in [-0.15, -0.1) is 0 Å². The highest BCUT2D eigenvalue weighted by Gasteiger charge is 2.38. The van der Waals surface area contributed by atoms with Crippen LogP contribution < -0.4 is 0 Å². The average Bonchev–Trinajstić information content (AvgIpc) is 2.95. The Morgan fingerprint density at radius 3 is 2.77 bits per heavy atom. The number of morpholine rings is 1. The number of ether oxygens (including phenoxy) is 1. The standard InChI is InChI=1S/C21H27N3O2/c1-15-20(16(2)24(22-15)14-17-8-4-3-5-9-17)21(25)23-12-13-26-19-11-7-6-10-18(19)23/h3-5,8-9,18-19H,6-7,10-14H2,1-2H3/t18-,19+/m1/s1. The van der Waals surface area contributed by atoms with Crippen molar-refractivity contribution in [2.45, 2.75) is 58.2 Å². The molecule has 2 aliphatic rings. The molecule has 1 saturated heterocycles. The van der Waals surface area contributed by atoms with E-state index >= 15 is 0 Å². The molecule has 1 amide bonds. The molecule has 1 aromatic heterocycles. The smallest absolute Gasteiger partial charge is 0.258 e. The van der Waals surface area contributed by atoms with Crippen LogP contribution in [-0.4, -0.2) is 45.9 Å². The zero-order chi connectivity index (χ0) is 18.1. The minimum atomic E-state index is 0.125. The van der Waals surface area contributed by atoms with Gasteiger partial charge in [-0.3, -0.25) is 9.48 Å². The van der Waals surface area contributed by atoms with E-state index < -0.39 is 0 Å². The first-order valence-electron chi connectivity index (χ1n) is 9.65. The van der Waals surface area contributed by atoms with Crippen molar-refractivity contribution in [2.24, 2.45) is 0 Å². The zero-order valence-electron chi connectivity index (χ0n) is 15.6. The number of hydrogen-bond donors (Lipinski definition) is 0. The number of benzene rings is 1. The summed E-state index contributed by atoms with van der Waals surface area (Å²) >= 11 is 0. The fourth-order valence-corrected chi connectivity index (χ4v) is 4.41. The van der Waals surface area contributed by atoms with Crippen molar-refractivity contribution in [1.82, 2.24) is 14.7 Å². The van der Waals surface area contributed by atoms with E-state index in [1.165, 1.54) is 18.4 Å². The van der Waals surface area contributed by atoms with Gasteiger partial charge in [-0.05, 0) is 32.3 Å². The van der Waals surface area contributed by atoms with Crippen molar-refractivity contribution in [3.8, 4) is 0 Å². The molecular weight excluding hydrogens is 326 g/mol. The first kappa shape index (κ1) is 17.3. The highest BCUT2D eigenvalue weighted by Crippen LogP contribution is 2.30. The van der Waals surface area contributed by atoms with Crippen molar-refractivity contribution < 1.29 is 9.53 Å². The first-order chi connectivity index (χ1) is 12.6. The van der Waals surface area contributed by atoms with Crippen molar-refractivity contribution in [2.75, 3.05) is 13.2 Å². The van der Waals surface area contributed by atoms with Crippen molar-refractivity contribution in [3.63, 3.8) is 0 Å². The Labute approximate surface area is 154 Å². The number of nitrogens with zero attached hydrogens (tertiary/aromatic N) is 3. The van der Waals surface area contributed by atoms with Crippen LogP contribution in [0.5, 0.6) is 0 Å². The van der Waals surface area contributed by atoms with Gasteiger partial charge < -0.3 is 9.64 Å². The summed E-state index contributed by atoms with van der Waals surface area (Å²) in [5, 5.41) is 4.66. The summed E-state index contributed by atoms with van der Waals surface area (Å²) in [4.78, 5) is 15.4. The van der Waals surface area contributed by atoms with Crippen LogP contribution in [-0.2, 0) is 11.3 Å². The number of carbonyl (C=O) groups is 1. The fourth-order valence-electron chi connectivity index (χ4n) is 4.41. The SMILES string of the molecule is Cc1nn(Cc2ccccc2)c(C)c1C(=O)N1CCO[C@H]2CCCC[C@H]21. The molecule has 1 aliphatic carbocycles. The molecular formula is C21H27N3O2. The van der Waals surface area contributed by atoms with E-state index in [0.29, 0.717) is 19.7 Å². The Balaban J connectivity index is 1.60. The molecule has 138 valence electrons. The molecule has 2 atom stereocenters. The number of rotatable bonds is 3. The molecule has 0 radical (unpaired) electrons. The van der Waals surface area contributed by atoms with Gasteiger partial charge in [0.1, 0.15) is 0 Å². The maximum atomic E-state index is 13.4. The second kappa shape index (κ2) is 7.23. The van der Waals surface area contributed by atoms with Gasteiger partial charge in [0.05, 0.1) is 36.6 Å². The van der Waals surface area contributed by atoms with Gasteiger partial charge in [0, 0.05) is 12.2 Å². The Hall–Kier alpha value is -2.14. The van der Waals surface area contributed by atoms with Gasteiger partial charge in [0.25, 0.3) is 5.91 Å². The van der Waals surface area contributed by atoms with Crippen LogP contribution in [0.25, 0.3) is 0 Å². The molecule has 1 aliphatic heterocycles. The summed E-state index contributed by atoms with van der Waals surface area (Å²) in [5.74, 6) is 0.125. The van der Waals surface area contributed by atoms with E-state index in [0.717, 1.165) is 29.8 Å². The van der Waals surface area contributed by atoms with Crippen LogP contribution in [0.3, 0.4) is 0 Å². The monoisotopic (exact) mass is 353 g/mol. The lowest BCUT2D eigenvalue weighted by molar-refractivity contribution is -0.0753. The topological polar surface area (TPSA) is 47.4 Å². The Morgan fingerprint density at radius 2 is 1.96 bits per heavy atom. The predicted octanol–water partition coefficient (Wildman–Crippen LogP) is 3.33. The third kappa shape index (κ3) is 3.16. The number of aryl methyl sites for hydroxylation is 1. The van der Waals surface area contributed by atoms with Gasteiger partial charge in [0.15, 0.2) is 0 Å². The van der Waals surface area contributed by atoms with Gasteiger partial charge in [-0.1, -0.05) is 43.2 Å². The first-order valence-corrected chi connectivity index (χ1v) is 9.65. The molecule has 0 spiro atoms. The quantitative estimate of drug-likeness (QED) is 0.850. The second-order valence-electron chi connectivity index (χ2n) is 7.45. The Morgan fingerprint density at radius 1 is 1.19 bits per heavy atom. The Kier molecular flexibility index (Phi) is 4.81. The van der Waals surface area contributed by atoms with E-state index in [1.54, 1.807) is 0 Å². The van der Waals surface area contributed by atoms with Crippen LogP contribution in [0.1, 0.15) is 53.0 Å². The zero-order valence-corrected chi connectivity index (χ0v) is 15.6. The number of hydrogen-bond acceptors (Lipinski definition) is 3. The maximum Gasteiger partial charge on any atom is 0.258 e. The molecule has 0 N–H and O–H groups in total. The predicted molar refractivity (Wildman–Crippen MR) is 100 cm³/mol. The van der Waals surface area contributed by atoms with E-state index in [4.69, 9.17) is 4.74 Å².